The second kappa shape index (κ2) is 8.62. The summed E-state index contributed by atoms with van der Waals surface area (Å²) < 4.78 is 12.5. The van der Waals surface area contributed by atoms with Crippen molar-refractivity contribution < 1.29 is 14.3 Å². The van der Waals surface area contributed by atoms with Crippen LogP contribution in [0, 0.1) is 0 Å². The summed E-state index contributed by atoms with van der Waals surface area (Å²) in [4.78, 5) is 16.7. The zero-order valence-electron chi connectivity index (χ0n) is 14.2. The number of aromatic nitrogens is 1. The number of ether oxygens (including phenoxy) is 2. The van der Waals surface area contributed by atoms with Crippen molar-refractivity contribution in [3.63, 3.8) is 0 Å². The van der Waals surface area contributed by atoms with Crippen molar-refractivity contribution in [3.05, 3.63) is 41.4 Å². The van der Waals surface area contributed by atoms with Crippen LogP contribution in [0.3, 0.4) is 0 Å². The molecule has 8 heteroatoms. The topological polar surface area (TPSA) is 60.5 Å². The molecule has 3 rings (SSSR count). The number of anilines is 1. The van der Waals surface area contributed by atoms with E-state index >= 15 is 0 Å². The predicted molar refractivity (Wildman–Crippen MR) is 108 cm³/mol. The summed E-state index contributed by atoms with van der Waals surface area (Å²) in [5.41, 5.74) is 1.54. The van der Waals surface area contributed by atoms with E-state index in [1.165, 1.54) is 11.8 Å². The van der Waals surface area contributed by atoms with E-state index in [-0.39, 0.29) is 11.7 Å². The second-order valence-electron chi connectivity index (χ2n) is 5.23. The van der Waals surface area contributed by atoms with Gasteiger partial charge >= 0.3 is 0 Å². The molecule has 1 aromatic heterocycles. The summed E-state index contributed by atoms with van der Waals surface area (Å²) in [6.45, 7) is 2.58. The van der Waals surface area contributed by atoms with Crippen molar-refractivity contribution in [1.82, 2.24) is 4.98 Å². The number of thioether (sulfide) groups is 1. The quantitative estimate of drug-likeness (QED) is 0.552. The number of amides is 1. The van der Waals surface area contributed by atoms with Crippen LogP contribution in [-0.4, -0.2) is 30.4 Å². The van der Waals surface area contributed by atoms with Crippen LogP contribution in [0.4, 0.5) is 5.69 Å². The van der Waals surface area contributed by atoms with Gasteiger partial charge in [-0.3, -0.25) is 4.79 Å². The number of carbonyl (C=O) groups is 1. The number of rotatable bonds is 7. The normalized spacial score (nSPS) is 10.7. The highest BCUT2D eigenvalue weighted by molar-refractivity contribution is 8.01. The van der Waals surface area contributed by atoms with Gasteiger partial charge in [0, 0.05) is 5.69 Å². The summed E-state index contributed by atoms with van der Waals surface area (Å²) in [5.74, 6) is 1.54. The highest BCUT2D eigenvalue weighted by Crippen LogP contribution is 2.32. The molecule has 136 valence electrons. The Morgan fingerprint density at radius 2 is 2.15 bits per heavy atom. The molecule has 0 aliphatic heterocycles. The number of carbonyl (C=O) groups excluding carboxylic acids is 1. The number of fused-ring (bicyclic) bond motifs is 1. The van der Waals surface area contributed by atoms with Crippen LogP contribution < -0.4 is 14.8 Å². The third kappa shape index (κ3) is 4.60. The molecule has 0 atom stereocenters. The lowest BCUT2D eigenvalue weighted by molar-refractivity contribution is -0.113. The van der Waals surface area contributed by atoms with Gasteiger partial charge in [0.25, 0.3) is 0 Å². The Labute approximate surface area is 164 Å². The molecule has 0 saturated carbocycles. The van der Waals surface area contributed by atoms with Gasteiger partial charge in [-0.1, -0.05) is 23.4 Å². The van der Waals surface area contributed by atoms with E-state index in [4.69, 9.17) is 21.1 Å². The molecule has 0 spiro atoms. The summed E-state index contributed by atoms with van der Waals surface area (Å²) >= 11 is 9.01. The molecule has 26 heavy (non-hydrogen) atoms. The number of hydrogen-bond donors (Lipinski definition) is 1. The maximum atomic E-state index is 12.2. The molecule has 1 N–H and O–H groups in total. The van der Waals surface area contributed by atoms with Crippen LogP contribution in [0.2, 0.25) is 5.02 Å². The maximum absolute atomic E-state index is 12.2. The van der Waals surface area contributed by atoms with E-state index in [1.807, 2.05) is 25.1 Å². The van der Waals surface area contributed by atoms with Gasteiger partial charge in [-0.2, -0.15) is 0 Å². The first-order valence-corrected chi connectivity index (χ1v) is 10.1. The lowest BCUT2D eigenvalue weighted by Gasteiger charge is -2.07. The van der Waals surface area contributed by atoms with Gasteiger partial charge in [-0.25, -0.2) is 4.98 Å². The minimum absolute atomic E-state index is 0.120. The Morgan fingerprint density at radius 1 is 1.31 bits per heavy atom. The summed E-state index contributed by atoms with van der Waals surface area (Å²) in [5, 5.41) is 3.27. The third-order valence-corrected chi connectivity index (χ3v) is 5.87. The van der Waals surface area contributed by atoms with Gasteiger partial charge in [0.2, 0.25) is 5.91 Å². The number of hydrogen-bond acceptors (Lipinski definition) is 6. The molecule has 0 unspecified atom stereocenters. The molecular weight excluding hydrogens is 392 g/mol. The first kappa shape index (κ1) is 18.8. The Morgan fingerprint density at radius 3 is 2.88 bits per heavy atom. The molecule has 3 aromatic rings. The molecule has 0 bridgehead atoms. The molecule has 0 aliphatic rings. The third-order valence-electron chi connectivity index (χ3n) is 3.41. The standard InChI is InChI=1S/C18H17ClN2O3S2/c1-3-24-12-5-6-14-16(9-12)26-18(21-14)25-10-17(22)20-11-4-7-15(23-2)13(19)8-11/h4-9H,3,10H2,1-2H3,(H,20,22). The van der Waals surface area contributed by atoms with Gasteiger partial charge in [0.05, 0.1) is 34.7 Å². The minimum atomic E-state index is -0.120. The lowest BCUT2D eigenvalue weighted by atomic mass is 10.3. The average molecular weight is 409 g/mol. The number of nitrogens with one attached hydrogen (secondary N) is 1. The summed E-state index contributed by atoms with van der Waals surface area (Å²) in [6.07, 6.45) is 0. The zero-order valence-corrected chi connectivity index (χ0v) is 16.6. The fourth-order valence-electron chi connectivity index (χ4n) is 2.27. The van der Waals surface area contributed by atoms with Gasteiger partial charge in [0.15, 0.2) is 4.34 Å². The molecule has 2 aromatic carbocycles. The number of nitrogens with zero attached hydrogens (tertiary/aromatic N) is 1. The fourth-order valence-corrected chi connectivity index (χ4v) is 4.43. The highest BCUT2D eigenvalue weighted by Gasteiger charge is 2.10. The molecule has 5 nitrogen and oxygen atoms in total. The molecular formula is C18H17ClN2O3S2. The van der Waals surface area contributed by atoms with E-state index in [0.29, 0.717) is 23.1 Å². The van der Waals surface area contributed by atoms with Crippen molar-refractivity contribution in [2.45, 2.75) is 11.3 Å². The predicted octanol–water partition coefficient (Wildman–Crippen LogP) is 5.09. The lowest BCUT2D eigenvalue weighted by Crippen LogP contribution is -2.13. The van der Waals surface area contributed by atoms with Gasteiger partial charge in [-0.05, 0) is 43.3 Å². The van der Waals surface area contributed by atoms with Crippen molar-refractivity contribution in [3.8, 4) is 11.5 Å². The Hall–Kier alpha value is -1.96. The van der Waals surface area contributed by atoms with E-state index in [1.54, 1.807) is 36.6 Å². The molecule has 1 amide bonds. The molecule has 0 fully saturated rings. The van der Waals surface area contributed by atoms with E-state index in [2.05, 4.69) is 10.3 Å². The monoisotopic (exact) mass is 408 g/mol. The van der Waals surface area contributed by atoms with Gasteiger partial charge < -0.3 is 14.8 Å². The Balaban J connectivity index is 1.60. The van der Waals surface area contributed by atoms with Gasteiger partial charge in [-0.15, -0.1) is 11.3 Å². The smallest absolute Gasteiger partial charge is 0.234 e. The zero-order chi connectivity index (χ0) is 18.5. The number of halogens is 1. The summed E-state index contributed by atoms with van der Waals surface area (Å²) in [6, 6.07) is 10.9. The molecule has 0 aliphatic carbocycles. The first-order chi connectivity index (χ1) is 12.6. The molecule has 0 radical (unpaired) electrons. The van der Waals surface area contributed by atoms with Crippen LogP contribution in [0.15, 0.2) is 40.7 Å². The number of methoxy groups -OCH3 is 1. The van der Waals surface area contributed by atoms with E-state index in [0.717, 1.165) is 20.3 Å². The van der Waals surface area contributed by atoms with E-state index in [9.17, 15) is 4.79 Å². The van der Waals surface area contributed by atoms with Crippen LogP contribution >= 0.6 is 34.7 Å². The highest BCUT2D eigenvalue weighted by atomic mass is 35.5. The Kier molecular flexibility index (Phi) is 6.24. The van der Waals surface area contributed by atoms with E-state index < -0.39 is 0 Å². The molecule has 0 saturated heterocycles. The maximum Gasteiger partial charge on any atom is 0.234 e. The fraction of sp³-hybridized carbons (Fsp3) is 0.222. The second-order valence-corrected chi connectivity index (χ2v) is 7.89. The van der Waals surface area contributed by atoms with Crippen molar-refractivity contribution in [2.75, 3.05) is 24.8 Å². The molecule has 1 heterocycles. The number of benzene rings is 2. The van der Waals surface area contributed by atoms with Crippen LogP contribution in [0.5, 0.6) is 11.5 Å². The van der Waals surface area contributed by atoms with Crippen LogP contribution in [0.1, 0.15) is 6.92 Å². The largest absolute Gasteiger partial charge is 0.495 e. The van der Waals surface area contributed by atoms with Crippen molar-refractivity contribution in [1.29, 1.82) is 0 Å². The summed E-state index contributed by atoms with van der Waals surface area (Å²) in [7, 11) is 1.55. The minimum Gasteiger partial charge on any atom is -0.495 e. The van der Waals surface area contributed by atoms with Crippen LogP contribution in [-0.2, 0) is 4.79 Å². The Bertz CT molecular complexity index is 930. The first-order valence-electron chi connectivity index (χ1n) is 7.88. The van der Waals surface area contributed by atoms with Crippen molar-refractivity contribution >= 4 is 56.5 Å². The average Bonchev–Trinajstić information content (AvgIpc) is 3.03. The SMILES string of the molecule is CCOc1ccc2nc(SCC(=O)Nc3ccc(OC)c(Cl)c3)sc2c1. The van der Waals surface area contributed by atoms with Crippen molar-refractivity contribution in [2.24, 2.45) is 0 Å². The van der Waals surface area contributed by atoms with Crippen LogP contribution in [0.25, 0.3) is 10.2 Å². The number of thiazole rings is 1. The van der Waals surface area contributed by atoms with Gasteiger partial charge in [0.1, 0.15) is 11.5 Å².